The van der Waals surface area contributed by atoms with Gasteiger partial charge in [0.05, 0.1) is 16.3 Å². The number of halogens is 2. The van der Waals surface area contributed by atoms with Crippen LogP contribution in [0, 0.1) is 0 Å². The molecule has 1 heterocycles. The fourth-order valence-corrected chi connectivity index (χ4v) is 3.71. The van der Waals surface area contributed by atoms with Gasteiger partial charge in [-0.15, -0.1) is 0 Å². The summed E-state index contributed by atoms with van der Waals surface area (Å²) in [4.78, 5) is 27.0. The summed E-state index contributed by atoms with van der Waals surface area (Å²) in [6.45, 7) is 2.53. The number of carbonyl (C=O) groups excluding carboxylic acids is 2. The first-order valence-corrected chi connectivity index (χ1v) is 8.91. The number of benzene rings is 3. The minimum absolute atomic E-state index is 0.0190. The Kier molecular flexibility index (Phi) is 4.10. The topological polar surface area (TPSA) is 49.4 Å². The highest BCUT2D eigenvalue weighted by molar-refractivity contribution is 6.36. The fourth-order valence-electron chi connectivity index (χ4n) is 3.33. The van der Waals surface area contributed by atoms with Crippen LogP contribution in [0.5, 0.6) is 0 Å². The van der Waals surface area contributed by atoms with Gasteiger partial charge in [-0.2, -0.15) is 0 Å². The summed E-state index contributed by atoms with van der Waals surface area (Å²) in [5.41, 5.74) is 2.43. The first-order chi connectivity index (χ1) is 12.5. The lowest BCUT2D eigenvalue weighted by Crippen LogP contribution is -2.25. The van der Waals surface area contributed by atoms with E-state index < -0.39 is 0 Å². The molecule has 6 heteroatoms. The number of nitrogens with one attached hydrogen (secondary N) is 1. The lowest BCUT2D eigenvalue weighted by Gasteiger charge is -2.15. The molecule has 2 amide bonds. The number of nitrogens with zero attached hydrogens (tertiary/aromatic N) is 1. The maximum Gasteiger partial charge on any atom is 0.258 e. The van der Waals surface area contributed by atoms with Crippen molar-refractivity contribution in [3.8, 4) is 0 Å². The summed E-state index contributed by atoms with van der Waals surface area (Å²) in [5.74, 6) is -0.371. The van der Waals surface area contributed by atoms with E-state index in [4.69, 9.17) is 23.2 Å². The molecule has 4 nitrogen and oxygen atoms in total. The van der Waals surface area contributed by atoms with E-state index in [1.165, 1.54) is 6.07 Å². The van der Waals surface area contributed by atoms with Crippen molar-refractivity contribution in [2.75, 3.05) is 16.8 Å². The molecular formula is C20H14Cl2N2O2. The van der Waals surface area contributed by atoms with Crippen LogP contribution in [0.4, 0.5) is 11.4 Å². The molecule has 0 fully saturated rings. The first-order valence-electron chi connectivity index (χ1n) is 8.15. The molecule has 130 valence electrons. The molecule has 0 spiro atoms. The summed E-state index contributed by atoms with van der Waals surface area (Å²) in [5, 5.41) is 5.32. The number of hydrogen-bond acceptors (Lipinski definition) is 2. The maximum atomic E-state index is 12.7. The molecule has 1 N–H and O–H groups in total. The molecule has 0 radical (unpaired) electrons. The number of carbonyl (C=O) groups is 2. The van der Waals surface area contributed by atoms with Gasteiger partial charge in [0.2, 0.25) is 0 Å². The molecule has 0 saturated heterocycles. The third-order valence-corrected chi connectivity index (χ3v) is 5.09. The average Bonchev–Trinajstić information content (AvgIpc) is 2.92. The van der Waals surface area contributed by atoms with Crippen LogP contribution in [0.2, 0.25) is 10.0 Å². The third kappa shape index (κ3) is 2.54. The van der Waals surface area contributed by atoms with Crippen molar-refractivity contribution < 1.29 is 9.59 Å². The minimum atomic E-state index is -0.352. The van der Waals surface area contributed by atoms with Crippen molar-refractivity contribution >= 4 is 57.2 Å². The normalized spacial score (nSPS) is 12.7. The lowest BCUT2D eigenvalue weighted by molar-refractivity contribution is 0.0992. The fraction of sp³-hybridized carbons (Fsp3) is 0.100. The van der Waals surface area contributed by atoms with Crippen molar-refractivity contribution in [2.24, 2.45) is 0 Å². The van der Waals surface area contributed by atoms with E-state index in [1.54, 1.807) is 23.1 Å². The second kappa shape index (κ2) is 6.31. The molecular weight excluding hydrogens is 371 g/mol. The highest BCUT2D eigenvalue weighted by atomic mass is 35.5. The van der Waals surface area contributed by atoms with Gasteiger partial charge < -0.3 is 10.2 Å². The Morgan fingerprint density at radius 2 is 1.92 bits per heavy atom. The summed E-state index contributed by atoms with van der Waals surface area (Å²) >= 11 is 12.1. The Morgan fingerprint density at radius 3 is 2.69 bits per heavy atom. The minimum Gasteiger partial charge on any atom is -0.321 e. The van der Waals surface area contributed by atoms with Crippen LogP contribution in [0.25, 0.3) is 10.8 Å². The van der Waals surface area contributed by atoms with Gasteiger partial charge in [0.1, 0.15) is 0 Å². The van der Waals surface area contributed by atoms with Crippen molar-refractivity contribution in [3.63, 3.8) is 0 Å². The van der Waals surface area contributed by atoms with E-state index in [0.29, 0.717) is 33.4 Å². The molecule has 0 bridgehead atoms. The molecule has 0 unspecified atom stereocenters. The monoisotopic (exact) mass is 384 g/mol. The van der Waals surface area contributed by atoms with Gasteiger partial charge in [-0.05, 0) is 43.3 Å². The zero-order valence-corrected chi connectivity index (χ0v) is 15.4. The summed E-state index contributed by atoms with van der Waals surface area (Å²) in [6.07, 6.45) is 0. The Bertz CT molecular complexity index is 1080. The summed E-state index contributed by atoms with van der Waals surface area (Å²) in [7, 11) is 0. The number of hydrogen-bond donors (Lipinski definition) is 1. The van der Waals surface area contributed by atoms with E-state index >= 15 is 0 Å². The van der Waals surface area contributed by atoms with Crippen molar-refractivity contribution in [1.29, 1.82) is 0 Å². The van der Waals surface area contributed by atoms with Crippen LogP contribution >= 0.6 is 23.2 Å². The van der Waals surface area contributed by atoms with Gasteiger partial charge in [-0.3, -0.25) is 9.59 Å². The van der Waals surface area contributed by atoms with E-state index in [9.17, 15) is 9.59 Å². The lowest BCUT2D eigenvalue weighted by atomic mass is 10.0. The highest BCUT2D eigenvalue weighted by Crippen LogP contribution is 2.40. The average molecular weight is 385 g/mol. The standard InChI is InChI=1S/C20H14Cl2N2O2/c1-2-24-17-9-8-16(12-4-3-5-13(18(12)17)20(24)26)23-19(25)14-10-11(21)6-7-15(14)22/h3-10H,2H2,1H3,(H,23,25). The van der Waals surface area contributed by atoms with E-state index in [-0.39, 0.29) is 11.8 Å². The van der Waals surface area contributed by atoms with Gasteiger partial charge >= 0.3 is 0 Å². The quantitative estimate of drug-likeness (QED) is 0.658. The molecule has 1 aliphatic rings. The van der Waals surface area contributed by atoms with Gasteiger partial charge in [0.25, 0.3) is 11.8 Å². The molecule has 0 aromatic heterocycles. The molecule has 3 aromatic rings. The molecule has 0 aliphatic carbocycles. The second-order valence-corrected chi connectivity index (χ2v) is 6.83. The molecule has 1 aliphatic heterocycles. The largest absolute Gasteiger partial charge is 0.321 e. The number of anilines is 2. The molecule has 3 aromatic carbocycles. The van der Waals surface area contributed by atoms with Gasteiger partial charge in [0, 0.05) is 33.6 Å². The van der Waals surface area contributed by atoms with Crippen LogP contribution in [0.15, 0.2) is 48.5 Å². The zero-order valence-electron chi connectivity index (χ0n) is 13.8. The smallest absolute Gasteiger partial charge is 0.258 e. The first kappa shape index (κ1) is 16.9. The third-order valence-electron chi connectivity index (χ3n) is 4.52. The van der Waals surface area contributed by atoms with Crippen molar-refractivity contribution in [1.82, 2.24) is 0 Å². The van der Waals surface area contributed by atoms with Crippen molar-refractivity contribution in [2.45, 2.75) is 6.92 Å². The van der Waals surface area contributed by atoms with Crippen LogP contribution in [0.3, 0.4) is 0 Å². The van der Waals surface area contributed by atoms with Crippen LogP contribution < -0.4 is 10.2 Å². The van der Waals surface area contributed by atoms with Gasteiger partial charge in [-0.1, -0.05) is 35.3 Å². The van der Waals surface area contributed by atoms with E-state index in [2.05, 4.69) is 5.32 Å². The van der Waals surface area contributed by atoms with E-state index in [0.717, 1.165) is 16.5 Å². The van der Waals surface area contributed by atoms with Crippen LogP contribution in [-0.2, 0) is 0 Å². The SMILES string of the molecule is CCN1C(=O)c2cccc3c(NC(=O)c4cc(Cl)ccc4Cl)ccc1c23. The molecule has 4 rings (SSSR count). The Hall–Kier alpha value is -2.56. The molecule has 0 saturated carbocycles. The molecule has 26 heavy (non-hydrogen) atoms. The van der Waals surface area contributed by atoms with Gasteiger partial charge in [-0.25, -0.2) is 0 Å². The second-order valence-electron chi connectivity index (χ2n) is 5.99. The Balaban J connectivity index is 1.80. The van der Waals surface area contributed by atoms with Crippen LogP contribution in [-0.4, -0.2) is 18.4 Å². The van der Waals surface area contributed by atoms with Crippen LogP contribution in [0.1, 0.15) is 27.6 Å². The Labute approximate surface area is 160 Å². The highest BCUT2D eigenvalue weighted by Gasteiger charge is 2.29. The maximum absolute atomic E-state index is 12.7. The Morgan fingerprint density at radius 1 is 1.12 bits per heavy atom. The van der Waals surface area contributed by atoms with Crippen molar-refractivity contribution in [3.05, 3.63) is 69.7 Å². The summed E-state index contributed by atoms with van der Waals surface area (Å²) < 4.78 is 0. The summed E-state index contributed by atoms with van der Waals surface area (Å²) in [6, 6.07) is 13.9. The molecule has 0 atom stereocenters. The van der Waals surface area contributed by atoms with E-state index in [1.807, 2.05) is 31.2 Å². The zero-order chi connectivity index (χ0) is 18.4. The number of rotatable bonds is 3. The predicted molar refractivity (Wildman–Crippen MR) is 106 cm³/mol. The van der Waals surface area contributed by atoms with Gasteiger partial charge in [0.15, 0.2) is 0 Å². The number of amides is 2. The predicted octanol–water partition coefficient (Wildman–Crippen LogP) is 5.38.